The first-order valence-corrected chi connectivity index (χ1v) is 5.71. The first kappa shape index (κ1) is 13.2. The van der Waals surface area contributed by atoms with E-state index < -0.39 is 0 Å². The fraction of sp³-hybridized carbons (Fsp3) is 0.667. The van der Waals surface area contributed by atoms with Crippen molar-refractivity contribution in [3.05, 3.63) is 24.0 Å². The molecule has 16 heavy (non-hydrogen) atoms. The third-order valence-corrected chi connectivity index (χ3v) is 2.43. The molecule has 0 aliphatic carbocycles. The molecule has 0 saturated carbocycles. The van der Waals surface area contributed by atoms with Gasteiger partial charge in [0.05, 0.1) is 6.61 Å². The number of methoxy groups -OCH3 is 1. The fourth-order valence-corrected chi connectivity index (χ4v) is 1.46. The predicted molar refractivity (Wildman–Crippen MR) is 66.6 cm³/mol. The molecule has 0 aromatic carbocycles. The molecule has 92 valence electrons. The van der Waals surface area contributed by atoms with Gasteiger partial charge in [0.25, 0.3) is 0 Å². The van der Waals surface area contributed by atoms with Gasteiger partial charge >= 0.3 is 0 Å². The van der Waals surface area contributed by atoms with Crippen molar-refractivity contribution < 1.29 is 4.74 Å². The second kappa shape index (κ2) is 7.44. The van der Waals surface area contributed by atoms with E-state index in [2.05, 4.69) is 47.3 Å². The topological polar surface area (TPSA) is 29.4 Å². The highest BCUT2D eigenvalue weighted by molar-refractivity contribution is 5.09. The van der Waals surface area contributed by atoms with E-state index in [9.17, 15) is 0 Å². The van der Waals surface area contributed by atoms with Gasteiger partial charge in [0.2, 0.25) is 0 Å². The molecule has 4 nitrogen and oxygen atoms in total. The Morgan fingerprint density at radius 3 is 2.94 bits per heavy atom. The second-order valence-electron chi connectivity index (χ2n) is 4.23. The lowest BCUT2D eigenvalue weighted by Gasteiger charge is -2.09. The molecule has 0 fully saturated rings. The molecule has 0 bridgehead atoms. The quantitative estimate of drug-likeness (QED) is 0.663. The van der Waals surface area contributed by atoms with Crippen LogP contribution in [0.5, 0.6) is 0 Å². The molecule has 1 aromatic heterocycles. The van der Waals surface area contributed by atoms with Crippen molar-refractivity contribution in [1.29, 1.82) is 0 Å². The number of rotatable bonds is 8. The maximum Gasteiger partial charge on any atom is 0.0587 e. The summed E-state index contributed by atoms with van der Waals surface area (Å²) in [6.07, 6.45) is 4.33. The van der Waals surface area contributed by atoms with E-state index in [1.807, 2.05) is 0 Å². The van der Waals surface area contributed by atoms with E-state index in [0.717, 1.165) is 32.8 Å². The number of aromatic nitrogens is 1. The van der Waals surface area contributed by atoms with Crippen molar-refractivity contribution in [2.24, 2.45) is 0 Å². The van der Waals surface area contributed by atoms with Crippen LogP contribution in [-0.4, -0.2) is 50.4 Å². The van der Waals surface area contributed by atoms with E-state index in [1.54, 1.807) is 7.11 Å². The molecular formula is C12H23N3O. The fourth-order valence-electron chi connectivity index (χ4n) is 1.46. The number of ether oxygens (including phenoxy) is 1. The lowest BCUT2D eigenvalue weighted by Crippen LogP contribution is -2.19. The van der Waals surface area contributed by atoms with Gasteiger partial charge < -0.3 is 19.5 Å². The summed E-state index contributed by atoms with van der Waals surface area (Å²) < 4.78 is 7.21. The molecule has 0 atom stereocenters. The van der Waals surface area contributed by atoms with Crippen LogP contribution < -0.4 is 5.32 Å². The molecule has 1 heterocycles. The van der Waals surface area contributed by atoms with E-state index >= 15 is 0 Å². The van der Waals surface area contributed by atoms with Crippen LogP contribution in [0.25, 0.3) is 0 Å². The monoisotopic (exact) mass is 225 g/mol. The average Bonchev–Trinajstić information content (AvgIpc) is 2.70. The molecular weight excluding hydrogens is 202 g/mol. The molecule has 0 amide bonds. The minimum absolute atomic E-state index is 0.765. The summed E-state index contributed by atoms with van der Waals surface area (Å²) in [5.74, 6) is 0. The van der Waals surface area contributed by atoms with Crippen LogP contribution in [0.4, 0.5) is 0 Å². The van der Waals surface area contributed by atoms with E-state index in [-0.39, 0.29) is 0 Å². The summed E-state index contributed by atoms with van der Waals surface area (Å²) in [7, 11) is 5.91. The Morgan fingerprint density at radius 2 is 2.25 bits per heavy atom. The zero-order valence-corrected chi connectivity index (χ0v) is 10.6. The summed E-state index contributed by atoms with van der Waals surface area (Å²) in [4.78, 5) is 2.19. The van der Waals surface area contributed by atoms with Gasteiger partial charge in [-0.05, 0) is 25.7 Å². The van der Waals surface area contributed by atoms with Crippen LogP contribution in [0, 0.1) is 0 Å². The van der Waals surface area contributed by atoms with Gasteiger partial charge in [-0.25, -0.2) is 0 Å². The zero-order chi connectivity index (χ0) is 11.8. The third kappa shape index (κ3) is 5.30. The van der Waals surface area contributed by atoms with Crippen molar-refractivity contribution in [3.8, 4) is 0 Å². The van der Waals surface area contributed by atoms with Crippen molar-refractivity contribution in [2.75, 3.05) is 40.9 Å². The van der Waals surface area contributed by atoms with Crippen LogP contribution in [0.1, 0.15) is 5.56 Å². The van der Waals surface area contributed by atoms with Gasteiger partial charge in [0, 0.05) is 45.7 Å². The molecule has 0 aliphatic heterocycles. The SMILES string of the molecule is COCCNCc1ccn(CCN(C)C)c1. The minimum atomic E-state index is 0.765. The first-order valence-electron chi connectivity index (χ1n) is 5.71. The summed E-state index contributed by atoms with van der Waals surface area (Å²) in [6, 6.07) is 2.16. The zero-order valence-electron chi connectivity index (χ0n) is 10.6. The lowest BCUT2D eigenvalue weighted by atomic mass is 10.3. The standard InChI is InChI=1S/C12H23N3O/c1-14(2)7-8-15-6-4-12(11-15)10-13-5-9-16-3/h4,6,11,13H,5,7-10H2,1-3H3. The Kier molecular flexibility index (Phi) is 6.15. The normalized spacial score (nSPS) is 11.2. The van der Waals surface area contributed by atoms with Crippen LogP contribution in [0.15, 0.2) is 18.5 Å². The maximum absolute atomic E-state index is 4.98. The number of likely N-dealkylation sites (N-methyl/N-ethyl adjacent to an activating group) is 1. The van der Waals surface area contributed by atoms with E-state index in [0.29, 0.717) is 0 Å². The molecule has 1 aromatic rings. The molecule has 0 radical (unpaired) electrons. The van der Waals surface area contributed by atoms with E-state index in [4.69, 9.17) is 4.74 Å². The number of hydrogen-bond acceptors (Lipinski definition) is 3. The number of nitrogens with zero attached hydrogens (tertiary/aromatic N) is 2. The highest BCUT2D eigenvalue weighted by atomic mass is 16.5. The maximum atomic E-state index is 4.98. The van der Waals surface area contributed by atoms with Gasteiger partial charge in [-0.3, -0.25) is 0 Å². The van der Waals surface area contributed by atoms with Crippen LogP contribution in [0.2, 0.25) is 0 Å². The Balaban J connectivity index is 2.22. The Morgan fingerprint density at radius 1 is 1.44 bits per heavy atom. The van der Waals surface area contributed by atoms with Gasteiger partial charge in [-0.2, -0.15) is 0 Å². The smallest absolute Gasteiger partial charge is 0.0587 e. The van der Waals surface area contributed by atoms with Gasteiger partial charge in [0.1, 0.15) is 0 Å². The van der Waals surface area contributed by atoms with Crippen LogP contribution in [-0.2, 0) is 17.8 Å². The number of nitrogens with one attached hydrogen (secondary N) is 1. The molecule has 0 spiro atoms. The largest absolute Gasteiger partial charge is 0.383 e. The molecule has 0 saturated heterocycles. The summed E-state index contributed by atoms with van der Waals surface area (Å²) in [6.45, 7) is 4.70. The molecule has 1 rings (SSSR count). The molecule has 4 heteroatoms. The van der Waals surface area contributed by atoms with Crippen LogP contribution in [0.3, 0.4) is 0 Å². The molecule has 1 N–H and O–H groups in total. The minimum Gasteiger partial charge on any atom is -0.383 e. The summed E-state index contributed by atoms with van der Waals surface area (Å²) in [5, 5.41) is 3.33. The summed E-state index contributed by atoms with van der Waals surface area (Å²) >= 11 is 0. The Hall–Kier alpha value is -0.840. The predicted octanol–water partition coefficient (Wildman–Crippen LogP) is 0.786. The summed E-state index contributed by atoms with van der Waals surface area (Å²) in [5.41, 5.74) is 1.33. The molecule has 0 unspecified atom stereocenters. The second-order valence-corrected chi connectivity index (χ2v) is 4.23. The lowest BCUT2D eigenvalue weighted by molar-refractivity contribution is 0.199. The highest BCUT2D eigenvalue weighted by Crippen LogP contribution is 2.00. The van der Waals surface area contributed by atoms with Crippen molar-refractivity contribution in [3.63, 3.8) is 0 Å². The van der Waals surface area contributed by atoms with Crippen molar-refractivity contribution in [2.45, 2.75) is 13.1 Å². The van der Waals surface area contributed by atoms with Gasteiger partial charge in [-0.15, -0.1) is 0 Å². The van der Waals surface area contributed by atoms with E-state index in [1.165, 1.54) is 5.56 Å². The van der Waals surface area contributed by atoms with Crippen LogP contribution >= 0.6 is 0 Å². The third-order valence-electron chi connectivity index (χ3n) is 2.43. The Labute approximate surface area is 98.2 Å². The first-order chi connectivity index (χ1) is 7.72. The average molecular weight is 225 g/mol. The van der Waals surface area contributed by atoms with Crippen molar-refractivity contribution in [1.82, 2.24) is 14.8 Å². The van der Waals surface area contributed by atoms with Crippen molar-refractivity contribution >= 4 is 0 Å². The van der Waals surface area contributed by atoms with Gasteiger partial charge in [-0.1, -0.05) is 0 Å². The number of hydrogen-bond donors (Lipinski definition) is 1. The van der Waals surface area contributed by atoms with Gasteiger partial charge in [0.15, 0.2) is 0 Å². The Bertz CT molecular complexity index is 284. The molecule has 0 aliphatic rings. The highest BCUT2D eigenvalue weighted by Gasteiger charge is 1.97.